The lowest BCUT2D eigenvalue weighted by Crippen LogP contribution is -2.43. The summed E-state index contributed by atoms with van der Waals surface area (Å²) in [5, 5.41) is 7.71. The van der Waals surface area contributed by atoms with Gasteiger partial charge >= 0.3 is 0 Å². The van der Waals surface area contributed by atoms with E-state index in [0.29, 0.717) is 12.6 Å². The number of rotatable bonds is 5. The van der Waals surface area contributed by atoms with Crippen LogP contribution in [-0.4, -0.2) is 65.2 Å². The predicted octanol–water partition coefficient (Wildman–Crippen LogP) is 1.45. The van der Waals surface area contributed by atoms with Crippen molar-refractivity contribution in [2.24, 2.45) is 12.0 Å². The van der Waals surface area contributed by atoms with Gasteiger partial charge in [-0.15, -0.1) is 24.0 Å². The number of carbonyl (C=O) groups is 1. The molecule has 1 aromatic rings. The second-order valence-electron chi connectivity index (χ2n) is 6.43. The number of nitrogens with zero attached hydrogens (tertiary/aromatic N) is 5. The van der Waals surface area contributed by atoms with E-state index in [1.54, 1.807) is 23.7 Å². The van der Waals surface area contributed by atoms with E-state index in [1.807, 2.05) is 26.5 Å². The number of guanidine groups is 1. The molecule has 1 fully saturated rings. The largest absolute Gasteiger partial charge is 0.353 e. The number of halogens is 1. The Labute approximate surface area is 161 Å². The average molecular weight is 448 g/mol. The summed E-state index contributed by atoms with van der Waals surface area (Å²) in [6, 6.07) is 0.458. The highest BCUT2D eigenvalue weighted by molar-refractivity contribution is 14.0. The number of hydrogen-bond donors (Lipinski definition) is 1. The first-order chi connectivity index (χ1) is 11.0. The highest BCUT2D eigenvalue weighted by Gasteiger charge is 2.19. The van der Waals surface area contributed by atoms with Gasteiger partial charge in [-0.3, -0.25) is 9.48 Å². The summed E-state index contributed by atoms with van der Waals surface area (Å²) in [5.41, 5.74) is 1.12. The first-order valence-corrected chi connectivity index (χ1v) is 8.15. The van der Waals surface area contributed by atoms with Crippen LogP contribution in [0.15, 0.2) is 17.4 Å². The molecule has 8 heteroatoms. The Kier molecular flexibility index (Phi) is 8.51. The molecule has 0 aromatic carbocycles. The third-order valence-electron chi connectivity index (χ3n) is 4.09. The lowest BCUT2D eigenvalue weighted by Gasteiger charge is -2.25. The molecule has 0 unspecified atom stereocenters. The minimum absolute atomic E-state index is 0. The molecule has 0 saturated heterocycles. The number of likely N-dealkylation sites (N-methyl/N-ethyl adjacent to an activating group) is 1. The molecule has 1 saturated carbocycles. The first kappa shape index (κ1) is 20.7. The van der Waals surface area contributed by atoms with Crippen molar-refractivity contribution in [3.05, 3.63) is 18.0 Å². The van der Waals surface area contributed by atoms with Gasteiger partial charge in [-0.2, -0.15) is 5.10 Å². The average Bonchev–Trinajstić information content (AvgIpc) is 3.14. The van der Waals surface area contributed by atoms with Crippen LogP contribution in [0.3, 0.4) is 0 Å². The molecule has 1 heterocycles. The molecule has 2 rings (SSSR count). The van der Waals surface area contributed by atoms with Gasteiger partial charge in [-0.25, -0.2) is 4.99 Å². The highest BCUT2D eigenvalue weighted by Crippen LogP contribution is 2.18. The lowest BCUT2D eigenvalue weighted by atomic mass is 10.2. The maximum atomic E-state index is 11.8. The van der Waals surface area contributed by atoms with Crippen molar-refractivity contribution in [1.29, 1.82) is 0 Å². The third kappa shape index (κ3) is 6.29. The molecule has 0 aliphatic heterocycles. The topological polar surface area (TPSA) is 65.8 Å². The fourth-order valence-corrected chi connectivity index (χ4v) is 2.72. The Hall–Kier alpha value is -1.32. The van der Waals surface area contributed by atoms with Crippen molar-refractivity contribution in [2.45, 2.75) is 38.3 Å². The van der Waals surface area contributed by atoms with Gasteiger partial charge in [0.15, 0.2) is 5.96 Å². The maximum absolute atomic E-state index is 11.8. The number of aliphatic imine (C=N–C) groups is 1. The van der Waals surface area contributed by atoms with Gasteiger partial charge in [-0.1, -0.05) is 12.8 Å². The van der Waals surface area contributed by atoms with E-state index in [2.05, 4.69) is 20.3 Å². The number of aryl methyl sites for hydroxylation is 1. The van der Waals surface area contributed by atoms with Crippen LogP contribution in [0.25, 0.3) is 0 Å². The van der Waals surface area contributed by atoms with Gasteiger partial charge in [0.25, 0.3) is 0 Å². The molecular weight excluding hydrogens is 419 g/mol. The van der Waals surface area contributed by atoms with E-state index in [1.165, 1.54) is 25.7 Å². The monoisotopic (exact) mass is 448 g/mol. The van der Waals surface area contributed by atoms with Gasteiger partial charge < -0.3 is 15.1 Å². The van der Waals surface area contributed by atoms with Gasteiger partial charge in [0.2, 0.25) is 5.91 Å². The third-order valence-corrected chi connectivity index (χ3v) is 4.09. The van der Waals surface area contributed by atoms with Crippen LogP contribution in [0.1, 0.15) is 31.2 Å². The smallest absolute Gasteiger partial charge is 0.243 e. The highest BCUT2D eigenvalue weighted by atomic mass is 127. The normalized spacial score (nSPS) is 15.1. The Morgan fingerprint density at radius 3 is 2.58 bits per heavy atom. The van der Waals surface area contributed by atoms with E-state index >= 15 is 0 Å². The standard InChI is InChI=1S/C16H28N6O.HI/c1-20(2)15(23)10-17-16(19-14-7-5-6-8-14)21(3)11-13-9-18-22(4)12-13;/h9,12,14H,5-8,10-11H2,1-4H3,(H,17,19);1H. The van der Waals surface area contributed by atoms with E-state index < -0.39 is 0 Å². The van der Waals surface area contributed by atoms with Crippen LogP contribution in [0.5, 0.6) is 0 Å². The Morgan fingerprint density at radius 1 is 1.38 bits per heavy atom. The summed E-state index contributed by atoms with van der Waals surface area (Å²) in [5.74, 6) is 0.793. The SMILES string of the molecule is CN(C)C(=O)CN=C(NC1CCCC1)N(C)Cc1cnn(C)c1.I. The summed E-state index contributed by atoms with van der Waals surface area (Å²) in [7, 11) is 7.40. The van der Waals surface area contributed by atoms with E-state index in [-0.39, 0.29) is 36.4 Å². The molecule has 1 aromatic heterocycles. The van der Waals surface area contributed by atoms with Crippen LogP contribution in [-0.2, 0) is 18.4 Å². The van der Waals surface area contributed by atoms with Crippen molar-refractivity contribution in [3.63, 3.8) is 0 Å². The molecular formula is C16H29IN6O. The maximum Gasteiger partial charge on any atom is 0.243 e. The van der Waals surface area contributed by atoms with Gasteiger partial charge in [0, 0.05) is 52.5 Å². The van der Waals surface area contributed by atoms with E-state index in [0.717, 1.165) is 11.5 Å². The summed E-state index contributed by atoms with van der Waals surface area (Å²) < 4.78 is 1.79. The Bertz CT molecular complexity index is 551. The molecule has 1 aliphatic rings. The van der Waals surface area contributed by atoms with E-state index in [9.17, 15) is 4.79 Å². The molecule has 0 radical (unpaired) electrons. The number of carbonyl (C=O) groups excluding carboxylic acids is 1. The predicted molar refractivity (Wildman–Crippen MR) is 106 cm³/mol. The van der Waals surface area contributed by atoms with Crippen molar-refractivity contribution in [3.8, 4) is 0 Å². The van der Waals surface area contributed by atoms with Crippen molar-refractivity contribution in [1.82, 2.24) is 24.9 Å². The second-order valence-corrected chi connectivity index (χ2v) is 6.43. The molecule has 7 nitrogen and oxygen atoms in total. The summed E-state index contributed by atoms with van der Waals surface area (Å²) in [6.45, 7) is 0.877. The fourth-order valence-electron chi connectivity index (χ4n) is 2.72. The molecule has 1 N–H and O–H groups in total. The summed E-state index contributed by atoms with van der Waals surface area (Å²) in [4.78, 5) is 20.0. The van der Waals surface area contributed by atoms with Crippen LogP contribution < -0.4 is 5.32 Å². The second kappa shape index (κ2) is 9.85. The van der Waals surface area contributed by atoms with Crippen LogP contribution in [0.2, 0.25) is 0 Å². The molecule has 0 bridgehead atoms. The molecule has 0 atom stereocenters. The van der Waals surface area contributed by atoms with Crippen molar-refractivity contribution < 1.29 is 4.79 Å². The molecule has 136 valence electrons. The zero-order chi connectivity index (χ0) is 16.8. The molecule has 24 heavy (non-hydrogen) atoms. The van der Waals surface area contributed by atoms with Crippen LogP contribution in [0.4, 0.5) is 0 Å². The summed E-state index contributed by atoms with van der Waals surface area (Å²) >= 11 is 0. The quantitative estimate of drug-likeness (QED) is 0.421. The number of nitrogens with one attached hydrogen (secondary N) is 1. The number of hydrogen-bond acceptors (Lipinski definition) is 3. The minimum Gasteiger partial charge on any atom is -0.353 e. The molecule has 1 aliphatic carbocycles. The number of amides is 1. The van der Waals surface area contributed by atoms with Crippen LogP contribution in [0, 0.1) is 0 Å². The minimum atomic E-state index is 0. The zero-order valence-electron chi connectivity index (χ0n) is 15.0. The molecule has 0 spiro atoms. The van der Waals surface area contributed by atoms with Crippen molar-refractivity contribution >= 4 is 35.8 Å². The zero-order valence-corrected chi connectivity index (χ0v) is 17.4. The first-order valence-electron chi connectivity index (χ1n) is 8.15. The Morgan fingerprint density at radius 2 is 2.04 bits per heavy atom. The van der Waals surface area contributed by atoms with Crippen molar-refractivity contribution in [2.75, 3.05) is 27.7 Å². The van der Waals surface area contributed by atoms with Gasteiger partial charge in [0.05, 0.1) is 6.20 Å². The summed E-state index contributed by atoms with van der Waals surface area (Å²) in [6.07, 6.45) is 8.70. The van der Waals surface area contributed by atoms with E-state index in [4.69, 9.17) is 0 Å². The van der Waals surface area contributed by atoms with Gasteiger partial charge in [-0.05, 0) is 12.8 Å². The number of aromatic nitrogens is 2. The van der Waals surface area contributed by atoms with Gasteiger partial charge in [0.1, 0.15) is 6.54 Å². The van der Waals surface area contributed by atoms with Crippen LogP contribution >= 0.6 is 24.0 Å². The molecule has 1 amide bonds. The lowest BCUT2D eigenvalue weighted by molar-refractivity contribution is -0.127. The Balaban J connectivity index is 0.00000288. The fraction of sp³-hybridized carbons (Fsp3) is 0.688.